The number of rotatable bonds is 6. The van der Waals surface area contributed by atoms with E-state index in [1.165, 1.54) is 12.3 Å². The van der Waals surface area contributed by atoms with Crippen molar-refractivity contribution in [3.63, 3.8) is 0 Å². The summed E-state index contributed by atoms with van der Waals surface area (Å²) in [6.45, 7) is 2.74. The smallest absolute Gasteiger partial charge is 0.252 e. The average molecular weight is 265 g/mol. The van der Waals surface area contributed by atoms with Crippen molar-refractivity contribution < 1.29 is 0 Å². The summed E-state index contributed by atoms with van der Waals surface area (Å²) in [5, 5.41) is 3.07. The van der Waals surface area contributed by atoms with Crippen molar-refractivity contribution in [3.05, 3.63) is 40.3 Å². The zero-order valence-electron chi connectivity index (χ0n) is 10.1. The van der Waals surface area contributed by atoms with E-state index in [0.29, 0.717) is 5.95 Å². The highest BCUT2D eigenvalue weighted by Gasteiger charge is 2.00. The Labute approximate surface area is 109 Å². The molecule has 2 rings (SSSR count). The molecule has 0 atom stereocenters. The quantitative estimate of drug-likeness (QED) is 0.682. The third-order valence-electron chi connectivity index (χ3n) is 2.39. The first kappa shape index (κ1) is 12.7. The number of H-pyrrole nitrogens is 2. The van der Waals surface area contributed by atoms with Crippen LogP contribution in [0, 0.1) is 6.92 Å². The van der Waals surface area contributed by atoms with E-state index in [-0.39, 0.29) is 5.56 Å². The molecule has 96 valence electrons. The van der Waals surface area contributed by atoms with Crippen molar-refractivity contribution in [1.29, 1.82) is 0 Å². The molecule has 0 saturated heterocycles. The van der Waals surface area contributed by atoms with E-state index >= 15 is 0 Å². The van der Waals surface area contributed by atoms with Crippen LogP contribution in [0.1, 0.15) is 11.4 Å². The normalized spacial score (nSPS) is 10.5. The molecule has 18 heavy (non-hydrogen) atoms. The first-order valence-corrected chi connectivity index (χ1v) is 6.77. The standard InChI is InChI=1S/C11H15N5OS/c1-8-9(15-7-14-8)6-18-5-4-13-11-12-3-2-10(17)16-11/h2-3,7H,4-6H2,1H3,(H,14,15)(H2,12,13,16,17). The summed E-state index contributed by atoms with van der Waals surface area (Å²) >= 11 is 1.80. The molecule has 7 heteroatoms. The van der Waals surface area contributed by atoms with Gasteiger partial charge in [0.05, 0.1) is 12.0 Å². The van der Waals surface area contributed by atoms with Gasteiger partial charge in [0.1, 0.15) is 0 Å². The Morgan fingerprint density at radius 1 is 1.44 bits per heavy atom. The van der Waals surface area contributed by atoms with Crippen LogP contribution in [0.4, 0.5) is 5.95 Å². The van der Waals surface area contributed by atoms with E-state index in [1.807, 2.05) is 6.92 Å². The highest BCUT2D eigenvalue weighted by atomic mass is 32.2. The number of aromatic nitrogens is 4. The van der Waals surface area contributed by atoms with Gasteiger partial charge in [-0.25, -0.2) is 9.97 Å². The van der Waals surface area contributed by atoms with Crippen LogP contribution in [0.3, 0.4) is 0 Å². The predicted octanol–water partition coefficient (Wildman–Crippen LogP) is 1.15. The number of aromatic amines is 2. The maximum Gasteiger partial charge on any atom is 0.252 e. The Balaban J connectivity index is 1.68. The first-order valence-electron chi connectivity index (χ1n) is 5.61. The second kappa shape index (κ2) is 6.25. The van der Waals surface area contributed by atoms with Gasteiger partial charge in [-0.05, 0) is 6.92 Å². The first-order chi connectivity index (χ1) is 8.75. The monoisotopic (exact) mass is 265 g/mol. The van der Waals surface area contributed by atoms with Gasteiger partial charge in [0.25, 0.3) is 5.56 Å². The molecule has 3 N–H and O–H groups in total. The molecule has 0 aromatic carbocycles. The molecular formula is C11H15N5OS. The topological polar surface area (TPSA) is 86.5 Å². The van der Waals surface area contributed by atoms with Gasteiger partial charge in [-0.2, -0.15) is 11.8 Å². The Morgan fingerprint density at radius 2 is 2.33 bits per heavy atom. The molecule has 0 spiro atoms. The molecular weight excluding hydrogens is 250 g/mol. The van der Waals surface area contributed by atoms with Crippen LogP contribution < -0.4 is 10.9 Å². The van der Waals surface area contributed by atoms with Crippen LogP contribution in [0.25, 0.3) is 0 Å². The van der Waals surface area contributed by atoms with Gasteiger partial charge in [0.2, 0.25) is 5.95 Å². The largest absolute Gasteiger partial charge is 0.355 e. The number of nitrogens with one attached hydrogen (secondary N) is 3. The van der Waals surface area contributed by atoms with Crippen molar-refractivity contribution >= 4 is 17.7 Å². The number of imidazole rings is 1. The molecule has 2 aromatic rings. The van der Waals surface area contributed by atoms with Crippen molar-refractivity contribution in [2.45, 2.75) is 12.7 Å². The van der Waals surface area contributed by atoms with Crippen molar-refractivity contribution in [3.8, 4) is 0 Å². The summed E-state index contributed by atoms with van der Waals surface area (Å²) in [6.07, 6.45) is 3.20. The Kier molecular flexibility index (Phi) is 4.40. The number of hydrogen-bond acceptors (Lipinski definition) is 5. The third-order valence-corrected chi connectivity index (χ3v) is 3.38. The summed E-state index contributed by atoms with van der Waals surface area (Å²) in [5.41, 5.74) is 2.06. The average Bonchev–Trinajstić information content (AvgIpc) is 2.75. The van der Waals surface area contributed by atoms with Gasteiger partial charge in [0, 0.05) is 36.0 Å². The fourth-order valence-electron chi connectivity index (χ4n) is 1.41. The molecule has 0 fully saturated rings. The Hall–Kier alpha value is -1.76. The highest BCUT2D eigenvalue weighted by molar-refractivity contribution is 7.98. The van der Waals surface area contributed by atoms with Gasteiger partial charge in [0.15, 0.2) is 0 Å². The van der Waals surface area contributed by atoms with Crippen molar-refractivity contribution in [2.75, 3.05) is 17.6 Å². The van der Waals surface area contributed by atoms with Gasteiger partial charge in [-0.1, -0.05) is 0 Å². The minimum absolute atomic E-state index is 0.145. The maximum absolute atomic E-state index is 11.0. The molecule has 0 amide bonds. The van der Waals surface area contributed by atoms with E-state index in [0.717, 1.165) is 29.4 Å². The molecule has 0 radical (unpaired) electrons. The van der Waals surface area contributed by atoms with Gasteiger partial charge in [-0.3, -0.25) is 9.78 Å². The fourth-order valence-corrected chi connectivity index (χ4v) is 2.30. The molecule has 6 nitrogen and oxygen atoms in total. The lowest BCUT2D eigenvalue weighted by Crippen LogP contribution is -2.13. The van der Waals surface area contributed by atoms with E-state index in [1.54, 1.807) is 18.1 Å². The van der Waals surface area contributed by atoms with E-state index in [4.69, 9.17) is 0 Å². The zero-order chi connectivity index (χ0) is 12.8. The number of hydrogen-bond donors (Lipinski definition) is 3. The summed E-state index contributed by atoms with van der Waals surface area (Å²) in [6, 6.07) is 1.39. The summed E-state index contributed by atoms with van der Waals surface area (Å²) < 4.78 is 0. The second-order valence-corrected chi connectivity index (χ2v) is 4.83. The minimum atomic E-state index is -0.145. The molecule has 2 heterocycles. The van der Waals surface area contributed by atoms with Crippen molar-refractivity contribution in [2.24, 2.45) is 0 Å². The number of anilines is 1. The van der Waals surface area contributed by atoms with Gasteiger partial charge >= 0.3 is 0 Å². The summed E-state index contributed by atoms with van der Waals surface area (Å²) in [5.74, 6) is 2.35. The summed E-state index contributed by atoms with van der Waals surface area (Å²) in [7, 11) is 0. The van der Waals surface area contributed by atoms with E-state index < -0.39 is 0 Å². The Bertz CT molecular complexity index is 550. The van der Waals surface area contributed by atoms with Crippen LogP contribution in [0.5, 0.6) is 0 Å². The Morgan fingerprint density at radius 3 is 3.06 bits per heavy atom. The predicted molar refractivity (Wildman–Crippen MR) is 72.8 cm³/mol. The lowest BCUT2D eigenvalue weighted by Gasteiger charge is -2.04. The minimum Gasteiger partial charge on any atom is -0.355 e. The maximum atomic E-state index is 11.0. The second-order valence-electron chi connectivity index (χ2n) is 3.73. The lowest BCUT2D eigenvalue weighted by atomic mass is 10.4. The molecule has 0 bridgehead atoms. The zero-order valence-corrected chi connectivity index (χ0v) is 10.9. The molecule has 2 aromatic heterocycles. The fraction of sp³-hybridized carbons (Fsp3) is 0.364. The van der Waals surface area contributed by atoms with Crippen LogP contribution in [-0.4, -0.2) is 32.2 Å². The molecule has 0 aliphatic carbocycles. The SMILES string of the molecule is Cc1nc[nH]c1CSCCNc1nccc(=O)[nH]1. The summed E-state index contributed by atoms with van der Waals surface area (Å²) in [4.78, 5) is 24.9. The number of thioether (sulfide) groups is 1. The molecule has 0 aliphatic rings. The van der Waals surface area contributed by atoms with Gasteiger partial charge in [-0.15, -0.1) is 0 Å². The molecule has 0 unspecified atom stereocenters. The van der Waals surface area contributed by atoms with Gasteiger partial charge < -0.3 is 10.3 Å². The van der Waals surface area contributed by atoms with Crippen LogP contribution in [-0.2, 0) is 5.75 Å². The molecule has 0 saturated carbocycles. The van der Waals surface area contributed by atoms with Crippen molar-refractivity contribution in [1.82, 2.24) is 19.9 Å². The van der Waals surface area contributed by atoms with E-state index in [2.05, 4.69) is 25.3 Å². The third kappa shape index (κ3) is 3.63. The lowest BCUT2D eigenvalue weighted by molar-refractivity contribution is 1.06. The van der Waals surface area contributed by atoms with E-state index in [9.17, 15) is 4.79 Å². The van der Waals surface area contributed by atoms with Crippen LogP contribution >= 0.6 is 11.8 Å². The highest BCUT2D eigenvalue weighted by Crippen LogP contribution is 2.11. The van der Waals surface area contributed by atoms with Crippen LogP contribution in [0.15, 0.2) is 23.4 Å². The number of nitrogens with zero attached hydrogens (tertiary/aromatic N) is 2. The van der Waals surface area contributed by atoms with Crippen LogP contribution in [0.2, 0.25) is 0 Å². The number of aryl methyl sites for hydroxylation is 1. The molecule has 0 aliphatic heterocycles.